The average molecular weight is 160 g/mol. The standard InChI is InChI=1S/C7H12O4/c1-4-5(8)10-7(2,3)11-6(4)9/h4-5,8H,1-3H3. The molecule has 2 atom stereocenters. The Balaban J connectivity index is 2.70. The summed E-state index contributed by atoms with van der Waals surface area (Å²) in [5, 5.41) is 9.16. The van der Waals surface area contributed by atoms with E-state index in [-0.39, 0.29) is 0 Å². The Morgan fingerprint density at radius 2 is 2.09 bits per heavy atom. The van der Waals surface area contributed by atoms with Gasteiger partial charge in [0, 0.05) is 13.8 Å². The second-order valence-electron chi connectivity index (χ2n) is 3.12. The van der Waals surface area contributed by atoms with Gasteiger partial charge in [-0.3, -0.25) is 4.79 Å². The molecule has 4 nitrogen and oxygen atoms in total. The van der Waals surface area contributed by atoms with Crippen LogP contribution in [0.5, 0.6) is 0 Å². The van der Waals surface area contributed by atoms with Crippen molar-refractivity contribution >= 4 is 5.97 Å². The normalized spacial score (nSPS) is 36.5. The van der Waals surface area contributed by atoms with Crippen LogP contribution in [0, 0.1) is 5.92 Å². The van der Waals surface area contributed by atoms with Gasteiger partial charge in [0.2, 0.25) is 5.79 Å². The van der Waals surface area contributed by atoms with Gasteiger partial charge in [0.25, 0.3) is 0 Å². The number of carbonyl (C=O) groups is 1. The maximum Gasteiger partial charge on any atom is 0.316 e. The van der Waals surface area contributed by atoms with Gasteiger partial charge in [-0.15, -0.1) is 0 Å². The molecule has 0 amide bonds. The van der Waals surface area contributed by atoms with E-state index in [9.17, 15) is 4.79 Å². The zero-order valence-corrected chi connectivity index (χ0v) is 6.83. The number of aliphatic hydroxyl groups is 1. The molecule has 0 aromatic carbocycles. The number of rotatable bonds is 0. The highest BCUT2D eigenvalue weighted by Gasteiger charge is 2.39. The van der Waals surface area contributed by atoms with Crippen molar-refractivity contribution in [1.29, 1.82) is 0 Å². The summed E-state index contributed by atoms with van der Waals surface area (Å²) in [4.78, 5) is 11.0. The lowest BCUT2D eigenvalue weighted by Gasteiger charge is -2.35. The first-order valence-corrected chi connectivity index (χ1v) is 3.51. The van der Waals surface area contributed by atoms with Crippen LogP contribution in [0.15, 0.2) is 0 Å². The van der Waals surface area contributed by atoms with Crippen molar-refractivity contribution in [2.45, 2.75) is 32.8 Å². The zero-order chi connectivity index (χ0) is 8.65. The number of esters is 1. The number of ether oxygens (including phenoxy) is 2. The SMILES string of the molecule is CC1C(=O)OC(C)(C)OC1O. The van der Waals surface area contributed by atoms with E-state index in [1.54, 1.807) is 20.8 Å². The Labute approximate surface area is 65.1 Å². The van der Waals surface area contributed by atoms with Gasteiger partial charge in [-0.05, 0) is 6.92 Å². The van der Waals surface area contributed by atoms with Crippen LogP contribution < -0.4 is 0 Å². The van der Waals surface area contributed by atoms with Gasteiger partial charge in [-0.1, -0.05) is 0 Å². The van der Waals surface area contributed by atoms with Crippen LogP contribution in [-0.2, 0) is 14.3 Å². The molecule has 1 saturated heterocycles. The third-order valence-electron chi connectivity index (χ3n) is 1.55. The molecule has 1 fully saturated rings. The fourth-order valence-electron chi connectivity index (χ4n) is 0.869. The van der Waals surface area contributed by atoms with Crippen LogP contribution in [0.25, 0.3) is 0 Å². The largest absolute Gasteiger partial charge is 0.433 e. The molecule has 0 saturated carbocycles. The minimum absolute atomic E-state index is 0.422. The summed E-state index contributed by atoms with van der Waals surface area (Å²) in [6, 6.07) is 0. The first kappa shape index (κ1) is 8.49. The lowest BCUT2D eigenvalue weighted by Crippen LogP contribution is -2.47. The number of hydrogen-bond donors (Lipinski definition) is 1. The van der Waals surface area contributed by atoms with E-state index in [0.29, 0.717) is 0 Å². The molecule has 64 valence electrons. The molecule has 0 aromatic rings. The molecule has 1 heterocycles. The molecule has 0 bridgehead atoms. The van der Waals surface area contributed by atoms with Crippen LogP contribution in [0.4, 0.5) is 0 Å². The highest BCUT2D eigenvalue weighted by atomic mass is 16.8. The van der Waals surface area contributed by atoms with Gasteiger partial charge in [0.05, 0.1) is 0 Å². The summed E-state index contributed by atoms with van der Waals surface area (Å²) in [5.41, 5.74) is 0. The summed E-state index contributed by atoms with van der Waals surface area (Å²) >= 11 is 0. The summed E-state index contributed by atoms with van der Waals surface area (Å²) < 4.78 is 9.80. The van der Waals surface area contributed by atoms with Crippen LogP contribution in [0.3, 0.4) is 0 Å². The summed E-state index contributed by atoms with van der Waals surface area (Å²) in [7, 11) is 0. The lowest BCUT2D eigenvalue weighted by atomic mass is 10.1. The van der Waals surface area contributed by atoms with Gasteiger partial charge >= 0.3 is 5.97 Å². The van der Waals surface area contributed by atoms with Crippen molar-refractivity contribution in [1.82, 2.24) is 0 Å². The van der Waals surface area contributed by atoms with Crippen LogP contribution >= 0.6 is 0 Å². The Hall–Kier alpha value is -0.610. The maximum absolute atomic E-state index is 11.0. The predicted octanol–water partition coefficient (Wildman–Crippen LogP) is 0.250. The molecule has 11 heavy (non-hydrogen) atoms. The number of carbonyl (C=O) groups excluding carboxylic acids is 1. The molecule has 1 rings (SSSR count). The molecule has 0 aromatic heterocycles. The van der Waals surface area contributed by atoms with Gasteiger partial charge in [0.1, 0.15) is 5.92 Å². The fourth-order valence-corrected chi connectivity index (χ4v) is 0.869. The first-order valence-electron chi connectivity index (χ1n) is 3.51. The van der Waals surface area contributed by atoms with E-state index in [2.05, 4.69) is 0 Å². The van der Waals surface area contributed by atoms with Crippen LogP contribution in [0.1, 0.15) is 20.8 Å². The molecule has 0 aliphatic carbocycles. The minimum atomic E-state index is -1.05. The fraction of sp³-hybridized carbons (Fsp3) is 0.857. The molecular formula is C7H12O4. The summed E-state index contributed by atoms with van der Waals surface area (Å²) in [6.45, 7) is 4.72. The van der Waals surface area contributed by atoms with E-state index >= 15 is 0 Å². The van der Waals surface area contributed by atoms with Gasteiger partial charge < -0.3 is 14.6 Å². The summed E-state index contributed by atoms with van der Waals surface area (Å²) in [6.07, 6.45) is -1.05. The molecule has 1 aliphatic heterocycles. The van der Waals surface area contributed by atoms with Crippen molar-refractivity contribution in [3.8, 4) is 0 Å². The second kappa shape index (κ2) is 2.46. The van der Waals surface area contributed by atoms with Crippen LogP contribution in [-0.4, -0.2) is 23.2 Å². The van der Waals surface area contributed by atoms with Gasteiger partial charge in [0.15, 0.2) is 6.29 Å². The van der Waals surface area contributed by atoms with Crippen molar-refractivity contribution in [3.05, 3.63) is 0 Å². The Kier molecular flexibility index (Phi) is 1.90. The monoisotopic (exact) mass is 160 g/mol. The highest BCUT2D eigenvalue weighted by Crippen LogP contribution is 2.25. The van der Waals surface area contributed by atoms with Crippen molar-refractivity contribution in [2.75, 3.05) is 0 Å². The zero-order valence-electron chi connectivity index (χ0n) is 6.83. The van der Waals surface area contributed by atoms with Gasteiger partial charge in [-0.2, -0.15) is 0 Å². The highest BCUT2D eigenvalue weighted by molar-refractivity contribution is 5.73. The smallest absolute Gasteiger partial charge is 0.316 e. The number of cyclic esters (lactones) is 1. The molecule has 2 unspecified atom stereocenters. The molecule has 0 radical (unpaired) electrons. The molecule has 4 heteroatoms. The second-order valence-corrected chi connectivity index (χ2v) is 3.12. The Bertz CT molecular complexity index is 175. The Morgan fingerprint density at radius 3 is 2.55 bits per heavy atom. The van der Waals surface area contributed by atoms with E-state index in [1.807, 2.05) is 0 Å². The van der Waals surface area contributed by atoms with Crippen LogP contribution in [0.2, 0.25) is 0 Å². The molecule has 0 spiro atoms. The lowest BCUT2D eigenvalue weighted by molar-refractivity contribution is -0.313. The Morgan fingerprint density at radius 1 is 1.55 bits per heavy atom. The van der Waals surface area contributed by atoms with Crippen molar-refractivity contribution in [2.24, 2.45) is 5.92 Å². The minimum Gasteiger partial charge on any atom is -0.433 e. The molecule has 1 aliphatic rings. The van der Waals surface area contributed by atoms with E-state index < -0.39 is 24.0 Å². The van der Waals surface area contributed by atoms with E-state index in [4.69, 9.17) is 14.6 Å². The third-order valence-corrected chi connectivity index (χ3v) is 1.55. The molecule has 1 N–H and O–H groups in total. The quantitative estimate of drug-likeness (QED) is 0.516. The maximum atomic E-state index is 11.0. The van der Waals surface area contributed by atoms with E-state index in [1.165, 1.54) is 0 Å². The summed E-state index contributed by atoms with van der Waals surface area (Å²) in [5.74, 6) is -2.01. The average Bonchev–Trinajstić information content (AvgIpc) is 1.81. The van der Waals surface area contributed by atoms with Gasteiger partial charge in [-0.25, -0.2) is 0 Å². The third kappa shape index (κ3) is 1.70. The van der Waals surface area contributed by atoms with E-state index in [0.717, 1.165) is 0 Å². The topological polar surface area (TPSA) is 55.8 Å². The number of aliphatic hydroxyl groups excluding tert-OH is 1. The molecular weight excluding hydrogens is 148 g/mol. The number of hydrogen-bond acceptors (Lipinski definition) is 4. The first-order chi connectivity index (χ1) is 4.92. The van der Waals surface area contributed by atoms with Crippen molar-refractivity contribution in [3.63, 3.8) is 0 Å². The predicted molar refractivity (Wildman–Crippen MR) is 36.4 cm³/mol. The van der Waals surface area contributed by atoms with Crippen molar-refractivity contribution < 1.29 is 19.4 Å².